The van der Waals surface area contributed by atoms with Gasteiger partial charge < -0.3 is 10.1 Å². The van der Waals surface area contributed by atoms with E-state index in [1.165, 1.54) is 11.1 Å². The zero-order chi connectivity index (χ0) is 17.2. The van der Waals surface area contributed by atoms with Gasteiger partial charge in [0.2, 0.25) is 5.88 Å². The highest BCUT2D eigenvalue weighted by Gasteiger charge is 2.18. The second-order valence-electron chi connectivity index (χ2n) is 7.45. The van der Waals surface area contributed by atoms with Crippen molar-refractivity contribution in [2.24, 2.45) is 0 Å². The molecule has 1 aliphatic rings. The summed E-state index contributed by atoms with van der Waals surface area (Å²) < 4.78 is 5.53. The molecule has 0 saturated carbocycles. The number of aromatic nitrogens is 2. The number of ether oxygens (including phenoxy) is 1. The highest BCUT2D eigenvalue weighted by molar-refractivity contribution is 5.34. The van der Waals surface area contributed by atoms with Crippen molar-refractivity contribution in [3.63, 3.8) is 0 Å². The molecule has 0 unspecified atom stereocenters. The third-order valence-corrected chi connectivity index (χ3v) is 4.57. The molecule has 1 N–H and O–H groups in total. The third kappa shape index (κ3) is 3.75. The van der Waals surface area contributed by atoms with Crippen molar-refractivity contribution in [1.82, 2.24) is 15.3 Å². The van der Waals surface area contributed by atoms with E-state index in [4.69, 9.17) is 9.72 Å². The van der Waals surface area contributed by atoms with Crippen LogP contribution in [0.3, 0.4) is 0 Å². The third-order valence-electron chi connectivity index (χ3n) is 4.57. The van der Waals surface area contributed by atoms with E-state index >= 15 is 0 Å². The van der Waals surface area contributed by atoms with Gasteiger partial charge in [-0.15, -0.1) is 0 Å². The van der Waals surface area contributed by atoms with Crippen LogP contribution in [0.25, 0.3) is 0 Å². The lowest BCUT2D eigenvalue weighted by Crippen LogP contribution is -2.16. The van der Waals surface area contributed by atoms with Crippen LogP contribution in [0.1, 0.15) is 49.0 Å². The molecule has 0 saturated heterocycles. The first-order valence-electron chi connectivity index (χ1n) is 8.70. The Morgan fingerprint density at radius 3 is 2.42 bits per heavy atom. The van der Waals surface area contributed by atoms with E-state index in [-0.39, 0.29) is 5.41 Å². The summed E-state index contributed by atoms with van der Waals surface area (Å²) in [6, 6.07) is 8.78. The van der Waals surface area contributed by atoms with Crippen LogP contribution >= 0.6 is 0 Å². The molecule has 4 nitrogen and oxygen atoms in total. The number of nitrogens with zero attached hydrogens (tertiary/aromatic N) is 2. The molecule has 3 rings (SSSR count). The lowest BCUT2D eigenvalue weighted by Gasteiger charge is -2.19. The fourth-order valence-corrected chi connectivity index (χ4v) is 3.11. The van der Waals surface area contributed by atoms with E-state index in [0.717, 1.165) is 55.3 Å². The molecular weight excluding hydrogens is 298 g/mol. The quantitative estimate of drug-likeness (QED) is 0.942. The van der Waals surface area contributed by atoms with Crippen LogP contribution in [-0.2, 0) is 24.7 Å². The molecule has 0 fully saturated rings. The molecule has 24 heavy (non-hydrogen) atoms. The van der Waals surface area contributed by atoms with Gasteiger partial charge in [0.1, 0.15) is 5.82 Å². The van der Waals surface area contributed by atoms with Crippen molar-refractivity contribution in [3.8, 4) is 5.88 Å². The van der Waals surface area contributed by atoms with E-state index in [0.29, 0.717) is 0 Å². The molecule has 0 radical (unpaired) electrons. The summed E-state index contributed by atoms with van der Waals surface area (Å²) in [5, 5.41) is 3.41. The summed E-state index contributed by atoms with van der Waals surface area (Å²) in [7, 11) is 1.70. The molecule has 0 spiro atoms. The topological polar surface area (TPSA) is 47.0 Å². The fraction of sp³-hybridized carbons (Fsp3) is 0.500. The summed E-state index contributed by atoms with van der Waals surface area (Å²) >= 11 is 0. The molecule has 128 valence electrons. The van der Waals surface area contributed by atoms with Crippen molar-refractivity contribution in [2.75, 3.05) is 20.2 Å². The Labute approximate surface area is 144 Å². The largest absolute Gasteiger partial charge is 0.481 e. The fourth-order valence-electron chi connectivity index (χ4n) is 3.11. The molecule has 1 aromatic heterocycles. The number of nitrogens with one attached hydrogen (secondary N) is 1. The van der Waals surface area contributed by atoms with Crippen LogP contribution in [0.5, 0.6) is 5.88 Å². The van der Waals surface area contributed by atoms with Crippen LogP contribution in [0.4, 0.5) is 0 Å². The second kappa shape index (κ2) is 6.89. The summed E-state index contributed by atoms with van der Waals surface area (Å²) in [6.07, 6.45) is 2.60. The predicted octanol–water partition coefficient (Wildman–Crippen LogP) is 3.06. The first-order chi connectivity index (χ1) is 11.5. The number of methoxy groups -OCH3 is 1. The van der Waals surface area contributed by atoms with Crippen LogP contribution < -0.4 is 10.1 Å². The maximum Gasteiger partial charge on any atom is 0.219 e. The SMILES string of the molecule is COc1nc(Cc2ccc(C(C)(C)C)cc2)nc2c1CCNCC2. The Hall–Kier alpha value is -1.94. The molecule has 0 amide bonds. The Balaban J connectivity index is 1.86. The molecule has 2 heterocycles. The van der Waals surface area contributed by atoms with Crippen LogP contribution in [0.15, 0.2) is 24.3 Å². The minimum atomic E-state index is 0.176. The minimum absolute atomic E-state index is 0.176. The van der Waals surface area contributed by atoms with Gasteiger partial charge in [-0.05, 0) is 29.5 Å². The van der Waals surface area contributed by atoms with Crippen LogP contribution in [0, 0.1) is 0 Å². The zero-order valence-corrected chi connectivity index (χ0v) is 15.1. The van der Waals surface area contributed by atoms with E-state index in [1.54, 1.807) is 7.11 Å². The van der Waals surface area contributed by atoms with E-state index < -0.39 is 0 Å². The molecule has 2 aromatic rings. The molecule has 4 heteroatoms. The van der Waals surface area contributed by atoms with Gasteiger partial charge in [0, 0.05) is 24.9 Å². The summed E-state index contributed by atoms with van der Waals surface area (Å²) in [6.45, 7) is 8.62. The first-order valence-corrected chi connectivity index (χ1v) is 8.70. The Morgan fingerprint density at radius 2 is 1.75 bits per heavy atom. The van der Waals surface area contributed by atoms with Crippen LogP contribution in [0.2, 0.25) is 0 Å². The number of rotatable bonds is 3. The van der Waals surface area contributed by atoms with Gasteiger partial charge in [-0.2, -0.15) is 4.98 Å². The maximum atomic E-state index is 5.53. The average molecular weight is 325 g/mol. The lowest BCUT2D eigenvalue weighted by atomic mass is 9.86. The van der Waals surface area contributed by atoms with Gasteiger partial charge in [-0.1, -0.05) is 45.0 Å². The predicted molar refractivity (Wildman–Crippen MR) is 96.8 cm³/mol. The van der Waals surface area contributed by atoms with Crippen molar-refractivity contribution >= 4 is 0 Å². The summed E-state index contributed by atoms with van der Waals surface area (Å²) in [4.78, 5) is 9.47. The van der Waals surface area contributed by atoms with E-state index in [9.17, 15) is 0 Å². The maximum absolute atomic E-state index is 5.53. The van der Waals surface area contributed by atoms with Crippen molar-refractivity contribution in [1.29, 1.82) is 0 Å². The van der Waals surface area contributed by atoms with E-state index in [2.05, 4.69) is 55.3 Å². The Bertz CT molecular complexity index is 702. The second-order valence-corrected chi connectivity index (χ2v) is 7.45. The smallest absolute Gasteiger partial charge is 0.219 e. The van der Waals surface area contributed by atoms with E-state index in [1.807, 2.05) is 0 Å². The number of hydrogen-bond donors (Lipinski definition) is 1. The lowest BCUT2D eigenvalue weighted by molar-refractivity contribution is 0.388. The number of fused-ring (bicyclic) bond motifs is 1. The summed E-state index contributed by atoms with van der Waals surface area (Å²) in [5.41, 5.74) is 5.05. The molecular formula is C20H27N3O. The summed E-state index contributed by atoms with van der Waals surface area (Å²) in [5.74, 6) is 1.58. The molecule has 0 bridgehead atoms. The van der Waals surface area contributed by atoms with Gasteiger partial charge in [0.25, 0.3) is 0 Å². The van der Waals surface area contributed by atoms with Crippen LogP contribution in [-0.4, -0.2) is 30.2 Å². The molecule has 0 aliphatic carbocycles. The zero-order valence-electron chi connectivity index (χ0n) is 15.1. The highest BCUT2D eigenvalue weighted by atomic mass is 16.5. The van der Waals surface area contributed by atoms with Gasteiger partial charge in [0.15, 0.2) is 0 Å². The Kier molecular flexibility index (Phi) is 4.86. The highest BCUT2D eigenvalue weighted by Crippen LogP contribution is 2.24. The van der Waals surface area contributed by atoms with Crippen molar-refractivity contribution in [3.05, 3.63) is 52.5 Å². The Morgan fingerprint density at radius 1 is 1.04 bits per heavy atom. The molecule has 0 atom stereocenters. The molecule has 1 aromatic carbocycles. The van der Waals surface area contributed by atoms with Crippen molar-refractivity contribution < 1.29 is 4.74 Å². The van der Waals surface area contributed by atoms with Gasteiger partial charge in [-0.25, -0.2) is 4.98 Å². The average Bonchev–Trinajstić information content (AvgIpc) is 2.79. The van der Waals surface area contributed by atoms with Gasteiger partial charge >= 0.3 is 0 Å². The van der Waals surface area contributed by atoms with Gasteiger partial charge in [-0.3, -0.25) is 0 Å². The monoisotopic (exact) mass is 325 g/mol. The minimum Gasteiger partial charge on any atom is -0.481 e. The standard InChI is InChI=1S/C20H27N3O/c1-20(2,3)15-7-5-14(6-8-15)13-18-22-17-10-12-21-11-9-16(17)19(23-18)24-4/h5-8,21H,9-13H2,1-4H3. The normalized spacial score (nSPS) is 14.8. The number of hydrogen-bond acceptors (Lipinski definition) is 4. The van der Waals surface area contributed by atoms with Crippen molar-refractivity contribution in [2.45, 2.75) is 45.4 Å². The first kappa shape index (κ1) is 16.9. The molecule has 1 aliphatic heterocycles. The van der Waals surface area contributed by atoms with Gasteiger partial charge in [0.05, 0.1) is 12.8 Å². The number of benzene rings is 1.